The average Bonchev–Trinajstić information content (AvgIpc) is 3.09. The van der Waals surface area contributed by atoms with Crippen LogP contribution >= 0.6 is 11.3 Å². The Bertz CT molecular complexity index is 1070. The lowest BCUT2D eigenvalue weighted by Crippen LogP contribution is -2.36. The van der Waals surface area contributed by atoms with Crippen LogP contribution < -0.4 is 16.0 Å². The number of anilines is 3. The van der Waals surface area contributed by atoms with Gasteiger partial charge in [0.1, 0.15) is 5.82 Å². The lowest BCUT2D eigenvalue weighted by Gasteiger charge is -2.33. The second kappa shape index (κ2) is 11.3. The van der Waals surface area contributed by atoms with Crippen LogP contribution in [0.2, 0.25) is 0 Å². The van der Waals surface area contributed by atoms with Gasteiger partial charge in [-0.2, -0.15) is 0 Å². The third kappa shape index (κ3) is 6.11. The van der Waals surface area contributed by atoms with Gasteiger partial charge in [-0.1, -0.05) is 39.2 Å². The molecule has 0 amide bonds. The Balaban J connectivity index is 1.96. The fraction of sp³-hybridized carbons (Fsp3) is 0.423. The van der Waals surface area contributed by atoms with Crippen molar-refractivity contribution >= 4 is 28.0 Å². The van der Waals surface area contributed by atoms with Gasteiger partial charge in [-0.15, -0.1) is 11.3 Å². The van der Waals surface area contributed by atoms with E-state index in [4.69, 9.17) is 10.7 Å². The smallest absolute Gasteiger partial charge is 0.188 e. The SMILES string of the molecule is C=C(Nc1nc(C)c(C)s1)N(c1nc(-c2cnccc2C)ccc1N)C(C)CCCCCC. The van der Waals surface area contributed by atoms with Crippen LogP contribution in [-0.2, 0) is 0 Å². The van der Waals surface area contributed by atoms with Crippen LogP contribution in [0, 0.1) is 20.8 Å². The zero-order chi connectivity index (χ0) is 24.0. The average molecular weight is 465 g/mol. The van der Waals surface area contributed by atoms with Gasteiger partial charge in [0, 0.05) is 28.9 Å². The van der Waals surface area contributed by atoms with E-state index < -0.39 is 0 Å². The highest BCUT2D eigenvalue weighted by Gasteiger charge is 2.23. The first kappa shape index (κ1) is 24.7. The molecule has 33 heavy (non-hydrogen) atoms. The second-order valence-corrected chi connectivity index (χ2v) is 9.80. The first-order valence-corrected chi connectivity index (χ1v) is 12.5. The minimum atomic E-state index is 0.170. The lowest BCUT2D eigenvalue weighted by atomic mass is 10.1. The van der Waals surface area contributed by atoms with E-state index in [1.54, 1.807) is 17.5 Å². The maximum absolute atomic E-state index is 6.48. The molecule has 0 saturated heterocycles. The molecule has 7 heteroatoms. The number of nitrogens with zero attached hydrogens (tertiary/aromatic N) is 4. The van der Waals surface area contributed by atoms with Crippen LogP contribution in [0.1, 0.15) is 62.1 Å². The second-order valence-electron chi connectivity index (χ2n) is 8.60. The van der Waals surface area contributed by atoms with Crippen LogP contribution in [0.5, 0.6) is 0 Å². The zero-order valence-electron chi connectivity index (χ0n) is 20.5. The molecule has 3 aromatic rings. The van der Waals surface area contributed by atoms with E-state index in [9.17, 15) is 0 Å². The zero-order valence-corrected chi connectivity index (χ0v) is 21.3. The number of unbranched alkanes of at least 4 members (excludes halogenated alkanes) is 3. The van der Waals surface area contributed by atoms with Gasteiger partial charge < -0.3 is 16.0 Å². The molecule has 0 radical (unpaired) electrons. The number of nitrogens with two attached hydrogens (primary N) is 1. The van der Waals surface area contributed by atoms with E-state index in [0.717, 1.165) is 46.3 Å². The first-order chi connectivity index (χ1) is 15.8. The summed E-state index contributed by atoms with van der Waals surface area (Å²) in [6.45, 7) is 15.0. The van der Waals surface area contributed by atoms with Crippen molar-refractivity contribution in [3.63, 3.8) is 0 Å². The molecule has 0 aliphatic rings. The maximum atomic E-state index is 6.48. The summed E-state index contributed by atoms with van der Waals surface area (Å²) >= 11 is 1.63. The maximum Gasteiger partial charge on any atom is 0.188 e. The molecule has 3 heterocycles. The molecule has 0 aromatic carbocycles. The summed E-state index contributed by atoms with van der Waals surface area (Å²) < 4.78 is 0. The Morgan fingerprint density at radius 2 is 1.94 bits per heavy atom. The van der Waals surface area contributed by atoms with Crippen LogP contribution in [0.25, 0.3) is 11.3 Å². The van der Waals surface area contributed by atoms with Crippen LogP contribution in [0.3, 0.4) is 0 Å². The topological polar surface area (TPSA) is 80.0 Å². The van der Waals surface area contributed by atoms with Crippen LogP contribution in [0.15, 0.2) is 43.0 Å². The Labute approximate surface area is 202 Å². The number of hydrogen-bond donors (Lipinski definition) is 2. The standard InChI is InChI=1S/C26H36N6S/c1-7-8-9-10-11-18(3)32(21(6)30-26-29-19(4)20(5)33-26)25-23(27)12-13-24(31-25)22-16-28-15-14-17(22)2/h12-16,18H,6-11,27H2,1-5H3,(H,29,30). The summed E-state index contributed by atoms with van der Waals surface area (Å²) in [6.07, 6.45) is 9.51. The summed E-state index contributed by atoms with van der Waals surface area (Å²) in [5, 5.41) is 4.24. The Morgan fingerprint density at radius 3 is 2.61 bits per heavy atom. The quantitative estimate of drug-likeness (QED) is 0.302. The van der Waals surface area contributed by atoms with Gasteiger partial charge in [-0.25, -0.2) is 9.97 Å². The molecule has 1 unspecified atom stereocenters. The number of aromatic nitrogens is 3. The number of aryl methyl sites for hydroxylation is 3. The van der Waals surface area contributed by atoms with E-state index in [1.165, 1.54) is 24.1 Å². The molecule has 0 fully saturated rings. The van der Waals surface area contributed by atoms with E-state index in [2.05, 4.69) is 54.5 Å². The van der Waals surface area contributed by atoms with Gasteiger partial charge in [0.25, 0.3) is 0 Å². The van der Waals surface area contributed by atoms with Gasteiger partial charge in [0.2, 0.25) is 0 Å². The van der Waals surface area contributed by atoms with E-state index in [-0.39, 0.29) is 6.04 Å². The molecule has 0 bridgehead atoms. The van der Waals surface area contributed by atoms with Gasteiger partial charge in [0.15, 0.2) is 10.9 Å². The Kier molecular flexibility index (Phi) is 8.44. The monoisotopic (exact) mass is 464 g/mol. The van der Waals surface area contributed by atoms with Crippen molar-refractivity contribution in [2.45, 2.75) is 72.8 Å². The molecule has 3 rings (SSSR count). The van der Waals surface area contributed by atoms with Crippen molar-refractivity contribution in [1.29, 1.82) is 0 Å². The Hall–Kier alpha value is -2.93. The molecule has 6 nitrogen and oxygen atoms in total. The van der Waals surface area contributed by atoms with Gasteiger partial charge in [-0.3, -0.25) is 4.98 Å². The number of pyridine rings is 2. The van der Waals surface area contributed by atoms with Gasteiger partial charge >= 0.3 is 0 Å². The largest absolute Gasteiger partial charge is 0.396 e. The summed E-state index contributed by atoms with van der Waals surface area (Å²) in [7, 11) is 0. The highest BCUT2D eigenvalue weighted by atomic mass is 32.1. The molecule has 1 atom stereocenters. The molecular formula is C26H36N6S. The fourth-order valence-electron chi connectivity index (χ4n) is 3.84. The minimum absolute atomic E-state index is 0.170. The molecule has 3 N–H and O–H groups in total. The fourth-order valence-corrected chi connectivity index (χ4v) is 4.68. The normalized spacial score (nSPS) is 11.9. The number of nitrogens with one attached hydrogen (secondary N) is 1. The molecule has 0 saturated carbocycles. The van der Waals surface area contributed by atoms with Crippen molar-refractivity contribution in [3.05, 3.63) is 59.1 Å². The molecule has 0 spiro atoms. The van der Waals surface area contributed by atoms with Crippen molar-refractivity contribution in [3.8, 4) is 11.3 Å². The molecule has 176 valence electrons. The molecule has 0 aliphatic heterocycles. The van der Waals surface area contributed by atoms with Crippen molar-refractivity contribution in [1.82, 2.24) is 15.0 Å². The van der Waals surface area contributed by atoms with Crippen LogP contribution in [0.4, 0.5) is 16.6 Å². The van der Waals surface area contributed by atoms with Gasteiger partial charge in [-0.05, 0) is 57.9 Å². The Morgan fingerprint density at radius 1 is 1.15 bits per heavy atom. The molecular weight excluding hydrogens is 428 g/mol. The van der Waals surface area contributed by atoms with Crippen molar-refractivity contribution < 1.29 is 0 Å². The number of hydrogen-bond acceptors (Lipinski definition) is 7. The highest BCUT2D eigenvalue weighted by Crippen LogP contribution is 2.33. The number of rotatable bonds is 11. The van der Waals surface area contributed by atoms with E-state index >= 15 is 0 Å². The van der Waals surface area contributed by atoms with Crippen molar-refractivity contribution in [2.75, 3.05) is 16.0 Å². The molecule has 0 aliphatic carbocycles. The predicted octanol–water partition coefficient (Wildman–Crippen LogP) is 6.86. The van der Waals surface area contributed by atoms with E-state index in [0.29, 0.717) is 11.5 Å². The molecule has 3 aromatic heterocycles. The van der Waals surface area contributed by atoms with Crippen LogP contribution in [-0.4, -0.2) is 21.0 Å². The predicted molar refractivity (Wildman–Crippen MR) is 142 cm³/mol. The van der Waals surface area contributed by atoms with Crippen molar-refractivity contribution in [2.24, 2.45) is 0 Å². The number of nitrogen functional groups attached to an aromatic ring is 1. The number of thiazole rings is 1. The van der Waals surface area contributed by atoms with E-state index in [1.807, 2.05) is 31.3 Å². The summed E-state index contributed by atoms with van der Waals surface area (Å²) in [6, 6.07) is 6.04. The first-order valence-electron chi connectivity index (χ1n) is 11.7. The lowest BCUT2D eigenvalue weighted by molar-refractivity contribution is 0.557. The summed E-state index contributed by atoms with van der Waals surface area (Å²) in [5.74, 6) is 1.44. The third-order valence-electron chi connectivity index (χ3n) is 5.94. The van der Waals surface area contributed by atoms with Gasteiger partial charge in [0.05, 0.1) is 17.1 Å². The third-order valence-corrected chi connectivity index (χ3v) is 6.92. The summed E-state index contributed by atoms with van der Waals surface area (Å²) in [4.78, 5) is 17.2. The summed E-state index contributed by atoms with van der Waals surface area (Å²) in [5.41, 5.74) is 11.1. The highest BCUT2D eigenvalue weighted by molar-refractivity contribution is 7.15. The minimum Gasteiger partial charge on any atom is -0.396 e.